The van der Waals surface area contributed by atoms with Gasteiger partial charge in [-0.05, 0) is 61.7 Å². The van der Waals surface area contributed by atoms with E-state index in [2.05, 4.69) is 31.2 Å². The number of fused-ring (bicyclic) bond motifs is 1. The smallest absolute Gasteiger partial charge is 0.407 e. The van der Waals surface area contributed by atoms with E-state index in [4.69, 9.17) is 15.0 Å². The molecule has 0 saturated carbocycles. The molecule has 1 N–H and O–H groups in total. The second-order valence-electron chi connectivity index (χ2n) is 9.34. The van der Waals surface area contributed by atoms with E-state index < -0.39 is 17.5 Å². The number of pyridine rings is 1. The quantitative estimate of drug-likeness (QED) is 0.519. The monoisotopic (exact) mass is 528 g/mol. The molecule has 34 heavy (non-hydrogen) atoms. The van der Waals surface area contributed by atoms with Gasteiger partial charge in [0, 0.05) is 37.1 Å². The van der Waals surface area contributed by atoms with Crippen molar-refractivity contribution in [2.45, 2.75) is 45.3 Å². The number of carbonyl (C=O) groups is 1. The number of carbonyl (C=O) groups excluding carboxylic acids is 1. The molecule has 1 aliphatic rings. The van der Waals surface area contributed by atoms with Crippen LogP contribution in [0.15, 0.2) is 28.9 Å². The third kappa shape index (κ3) is 4.85. The number of nitrogens with zero attached hydrogens (tertiary/aromatic N) is 5. The van der Waals surface area contributed by atoms with E-state index >= 15 is 0 Å². The lowest BCUT2D eigenvalue weighted by molar-refractivity contribution is 0.0497. The first kappa shape index (κ1) is 24.0. The number of alkyl carbamates (subject to hydrolysis) is 1. The molecule has 1 saturated heterocycles. The normalized spacial score (nSPS) is 14.8. The molecule has 0 aliphatic carbocycles. The van der Waals surface area contributed by atoms with Gasteiger partial charge in [-0.2, -0.15) is 10.4 Å². The Bertz CT molecular complexity index is 1290. The lowest BCUT2D eigenvalue weighted by atomic mass is 10.0. The molecule has 3 aromatic rings. The lowest BCUT2D eigenvalue weighted by Gasteiger charge is -2.34. The maximum atomic E-state index is 14.4. The van der Waals surface area contributed by atoms with Gasteiger partial charge in [0.2, 0.25) is 0 Å². The van der Waals surface area contributed by atoms with Crippen LogP contribution in [0, 0.1) is 17.1 Å². The van der Waals surface area contributed by atoms with Crippen LogP contribution in [0.4, 0.5) is 15.0 Å². The van der Waals surface area contributed by atoms with E-state index in [0.717, 1.165) is 29.6 Å². The minimum Gasteiger partial charge on any atom is -0.444 e. The Hall–Kier alpha value is -3.19. The molecule has 0 unspecified atom stereocenters. The Balaban J connectivity index is 1.63. The summed E-state index contributed by atoms with van der Waals surface area (Å²) in [4.78, 5) is 19.2. The highest BCUT2D eigenvalue weighted by atomic mass is 79.9. The van der Waals surface area contributed by atoms with Crippen LogP contribution in [0.25, 0.3) is 22.2 Å². The summed E-state index contributed by atoms with van der Waals surface area (Å²) in [7, 11) is 1.86. The molecule has 0 bridgehead atoms. The summed E-state index contributed by atoms with van der Waals surface area (Å²) in [5.74, 6) is 0.157. The van der Waals surface area contributed by atoms with Gasteiger partial charge in [-0.25, -0.2) is 14.2 Å². The van der Waals surface area contributed by atoms with E-state index in [9.17, 15) is 9.18 Å². The Kier molecular flexibility index (Phi) is 6.49. The zero-order chi connectivity index (χ0) is 24.6. The van der Waals surface area contributed by atoms with Gasteiger partial charge >= 0.3 is 6.09 Å². The number of hydrogen-bond donors (Lipinski definition) is 1. The average molecular weight is 529 g/mol. The van der Waals surface area contributed by atoms with Gasteiger partial charge in [0.25, 0.3) is 0 Å². The fourth-order valence-electron chi connectivity index (χ4n) is 4.07. The van der Waals surface area contributed by atoms with Crippen LogP contribution in [0.2, 0.25) is 0 Å². The van der Waals surface area contributed by atoms with E-state index in [1.165, 1.54) is 12.1 Å². The second-order valence-corrected chi connectivity index (χ2v) is 10.1. The molecule has 4 rings (SSSR count). The number of halogens is 2. The van der Waals surface area contributed by atoms with Crippen molar-refractivity contribution in [2.24, 2.45) is 7.05 Å². The van der Waals surface area contributed by atoms with Crippen molar-refractivity contribution in [3.05, 3.63) is 40.2 Å². The van der Waals surface area contributed by atoms with Crippen LogP contribution < -0.4 is 10.2 Å². The van der Waals surface area contributed by atoms with Crippen LogP contribution in [-0.4, -0.2) is 45.6 Å². The number of benzene rings is 1. The standard InChI is InChI=1S/C24H26BrFN6O2/c1-24(2,3)34-23(33)29-16-7-9-32(10-8-16)22-21-17(13-28-31(21)4)19(25)20(30-22)14-5-6-15(12-27)18(26)11-14/h5-6,11,13,16H,7-10H2,1-4H3,(H,29,33). The zero-order valence-corrected chi connectivity index (χ0v) is 21.1. The Morgan fingerprint density at radius 1 is 1.32 bits per heavy atom. The van der Waals surface area contributed by atoms with E-state index in [1.54, 1.807) is 16.9 Å². The fraction of sp³-hybridized carbons (Fsp3) is 0.417. The molecule has 10 heteroatoms. The number of ether oxygens (including phenoxy) is 1. The van der Waals surface area contributed by atoms with Crippen molar-refractivity contribution in [1.29, 1.82) is 5.26 Å². The van der Waals surface area contributed by atoms with Crippen molar-refractivity contribution in [3.63, 3.8) is 0 Å². The van der Waals surface area contributed by atoms with Gasteiger partial charge in [-0.1, -0.05) is 6.07 Å². The maximum absolute atomic E-state index is 14.4. The molecule has 1 aliphatic heterocycles. The molecule has 0 atom stereocenters. The molecule has 1 aromatic carbocycles. The summed E-state index contributed by atoms with van der Waals surface area (Å²) in [6.45, 7) is 6.87. The molecule has 0 spiro atoms. The Labute approximate surface area is 205 Å². The number of piperidine rings is 1. The Morgan fingerprint density at radius 2 is 2.03 bits per heavy atom. The van der Waals surface area contributed by atoms with Crippen molar-refractivity contribution >= 4 is 38.7 Å². The molecule has 1 fully saturated rings. The van der Waals surface area contributed by atoms with E-state index in [0.29, 0.717) is 28.8 Å². The van der Waals surface area contributed by atoms with E-state index in [-0.39, 0.29) is 11.6 Å². The predicted molar refractivity (Wildman–Crippen MR) is 131 cm³/mol. The zero-order valence-electron chi connectivity index (χ0n) is 19.5. The predicted octanol–water partition coefficient (Wildman–Crippen LogP) is 4.90. The van der Waals surface area contributed by atoms with Crippen molar-refractivity contribution in [1.82, 2.24) is 20.1 Å². The second kappa shape index (κ2) is 9.22. The molecule has 1 amide bonds. The number of aromatic nitrogens is 3. The van der Waals surface area contributed by atoms with Crippen molar-refractivity contribution < 1.29 is 13.9 Å². The molecule has 2 aromatic heterocycles. The highest BCUT2D eigenvalue weighted by Gasteiger charge is 2.27. The van der Waals surface area contributed by atoms with Gasteiger partial charge in [0.05, 0.1) is 21.9 Å². The molecule has 178 valence electrons. The fourth-order valence-corrected chi connectivity index (χ4v) is 4.68. The molecular formula is C24H26BrFN6O2. The lowest BCUT2D eigenvalue weighted by Crippen LogP contribution is -2.46. The van der Waals surface area contributed by atoms with Crippen LogP contribution in [-0.2, 0) is 11.8 Å². The first-order valence-electron chi connectivity index (χ1n) is 11.0. The van der Waals surface area contributed by atoms with E-state index in [1.807, 2.05) is 33.9 Å². The summed E-state index contributed by atoms with van der Waals surface area (Å²) in [5, 5.41) is 17.3. The van der Waals surface area contributed by atoms with Gasteiger partial charge in [0.15, 0.2) is 5.82 Å². The first-order valence-corrected chi connectivity index (χ1v) is 11.8. The van der Waals surface area contributed by atoms with Gasteiger partial charge in [-0.15, -0.1) is 0 Å². The number of anilines is 1. The number of nitriles is 1. The number of amides is 1. The largest absolute Gasteiger partial charge is 0.444 e. The SMILES string of the molecule is Cn1ncc2c(Br)c(-c3ccc(C#N)c(F)c3)nc(N3CCC(NC(=O)OC(C)(C)C)CC3)c21. The third-order valence-electron chi connectivity index (χ3n) is 5.69. The van der Waals surface area contributed by atoms with Gasteiger partial charge in [0.1, 0.15) is 23.0 Å². The van der Waals surface area contributed by atoms with Crippen LogP contribution in [0.5, 0.6) is 0 Å². The average Bonchev–Trinajstić information content (AvgIpc) is 3.16. The molecule has 8 nitrogen and oxygen atoms in total. The maximum Gasteiger partial charge on any atom is 0.407 e. The Morgan fingerprint density at radius 3 is 2.65 bits per heavy atom. The van der Waals surface area contributed by atoms with Crippen molar-refractivity contribution in [3.8, 4) is 17.3 Å². The van der Waals surface area contributed by atoms with Crippen LogP contribution in [0.3, 0.4) is 0 Å². The van der Waals surface area contributed by atoms with Gasteiger partial charge < -0.3 is 15.0 Å². The van der Waals surface area contributed by atoms with Crippen LogP contribution in [0.1, 0.15) is 39.2 Å². The summed E-state index contributed by atoms with van der Waals surface area (Å²) in [5.41, 5.74) is 1.45. The number of hydrogen-bond acceptors (Lipinski definition) is 6. The summed E-state index contributed by atoms with van der Waals surface area (Å²) in [6, 6.07) is 6.34. The minimum absolute atomic E-state index is 0.00988. The number of aryl methyl sites for hydroxylation is 1. The molecule has 3 heterocycles. The first-order chi connectivity index (χ1) is 16.1. The number of rotatable bonds is 3. The molecular weight excluding hydrogens is 503 g/mol. The van der Waals surface area contributed by atoms with Crippen molar-refractivity contribution in [2.75, 3.05) is 18.0 Å². The third-order valence-corrected chi connectivity index (χ3v) is 6.49. The van der Waals surface area contributed by atoms with Crippen LogP contribution >= 0.6 is 15.9 Å². The van der Waals surface area contributed by atoms with Gasteiger partial charge in [-0.3, -0.25) is 4.68 Å². The number of nitrogens with one attached hydrogen (secondary N) is 1. The molecule has 0 radical (unpaired) electrons. The minimum atomic E-state index is -0.587. The highest BCUT2D eigenvalue weighted by molar-refractivity contribution is 9.10. The highest BCUT2D eigenvalue weighted by Crippen LogP contribution is 2.38. The summed E-state index contributed by atoms with van der Waals surface area (Å²) < 4.78 is 22.2. The topological polar surface area (TPSA) is 96.1 Å². The summed E-state index contributed by atoms with van der Waals surface area (Å²) >= 11 is 3.63. The summed E-state index contributed by atoms with van der Waals surface area (Å²) in [6.07, 6.45) is 2.81.